The molecule has 125 heavy (non-hydrogen) atoms. The van der Waals surface area contributed by atoms with Crippen LogP contribution in [-0.4, -0.2) is 371 Å². The molecule has 0 radical (unpaired) electrons. The van der Waals surface area contributed by atoms with Gasteiger partial charge in [0, 0.05) is 248 Å². The number of rotatable bonds is 41. The number of aliphatic hydroxyl groups excluding tert-OH is 2. The summed E-state index contributed by atoms with van der Waals surface area (Å²) < 4.78 is 52.9. The molecule has 9 heterocycles. The lowest BCUT2D eigenvalue weighted by Crippen LogP contribution is -2.36. The van der Waals surface area contributed by atoms with Gasteiger partial charge in [0.25, 0.3) is 34.1 Å². The van der Waals surface area contributed by atoms with Gasteiger partial charge in [-0.05, 0) is 101 Å². The zero-order valence-electron chi connectivity index (χ0n) is 75.0. The number of H-pyrrole nitrogens is 7. The number of ketones is 2. The average Bonchev–Trinajstić information content (AvgIpc) is 1.68. The highest BCUT2D eigenvalue weighted by atomic mass is 32.2. The number of aliphatic hydroxyl groups is 2. The molecular weight excluding hydrogens is 1700 g/mol. The maximum atomic E-state index is 11.3. The van der Waals surface area contributed by atoms with Crippen molar-refractivity contribution < 1.29 is 81.2 Å². The Morgan fingerprint density at radius 1 is 0.544 bits per heavy atom. The molecule has 0 saturated carbocycles. The number of carbonyl (C=O) groups excluding carboxylic acids is 6. The maximum Gasteiger partial charge on any atom is 0.440 e. The van der Waals surface area contributed by atoms with Crippen molar-refractivity contribution in [2.24, 2.45) is 0 Å². The molecular formula is C73H128N28O21S3. The Morgan fingerprint density at radius 3 is 1.48 bits per heavy atom. The molecule has 1 fully saturated rings. The van der Waals surface area contributed by atoms with Gasteiger partial charge in [0.05, 0.1) is 18.0 Å². The van der Waals surface area contributed by atoms with E-state index in [2.05, 4.69) is 84.0 Å². The highest BCUT2D eigenvalue weighted by molar-refractivity contribution is 8.15. The molecule has 1 saturated heterocycles. The second-order valence-corrected chi connectivity index (χ2v) is 29.1. The smallest absolute Gasteiger partial charge is 0.440 e. The molecule has 2 aliphatic heterocycles. The number of nitrogens with two attached hydrogens (primary N) is 1. The van der Waals surface area contributed by atoms with Gasteiger partial charge in [-0.1, -0.05) is 6.92 Å². The number of Topliss-reactive ketones (excluding diaryl/α,β-unsaturated/α-hetero) is 1. The fourth-order valence-corrected chi connectivity index (χ4v) is 11.7. The number of nitrogen functional groups attached to an aromatic ring is 1. The van der Waals surface area contributed by atoms with E-state index < -0.39 is 34.9 Å². The fraction of sp³-hybridized carbons (Fsp3) is 0.616. The van der Waals surface area contributed by atoms with E-state index in [-0.39, 0.29) is 50.4 Å². The van der Waals surface area contributed by atoms with Crippen LogP contribution in [0.4, 0.5) is 51.1 Å². The number of nitrogens with zero attached hydrogens (tertiary/aromatic N) is 18. The third-order valence-corrected chi connectivity index (χ3v) is 19.5. The summed E-state index contributed by atoms with van der Waals surface area (Å²) in [5.41, 5.74) is 5.31. The molecule has 7 aromatic heterocycles. The molecule has 7 aromatic rings. The van der Waals surface area contributed by atoms with E-state index in [1.165, 1.54) is 34.9 Å². The van der Waals surface area contributed by atoms with E-state index in [4.69, 9.17) is 53.6 Å². The van der Waals surface area contributed by atoms with Gasteiger partial charge in [-0.2, -0.15) is 34.9 Å². The summed E-state index contributed by atoms with van der Waals surface area (Å²) in [7, 11) is 30.3. The number of methoxy groups -OCH3 is 7. The lowest BCUT2D eigenvalue weighted by atomic mass is 10.1. The van der Waals surface area contributed by atoms with E-state index in [9.17, 15) is 47.9 Å². The first-order valence-electron chi connectivity index (χ1n) is 39.1. The SMILES string of the molecule is CCN(C)C1=C(O)C(=O)NC1=O.CCN(C)C1=CC(=O)C=C(O)C1=O.CCN(C)C1SC(=O)NC1=O.COCCCN(C)c1cc(=O)[nH]o1.COCCCN(C)c1cc(=O)[nH]s1.COCCCN(C)c1cn[nH]n1.COCCCN(C)c1n[nH]c(N)n1.COCCCN(C)c1ncn[nH]1.COCCCN(C)c1noc(=O)[nH]1.COCCCN(C)c1ns[nH]c1=O. The van der Waals surface area contributed by atoms with Crippen LogP contribution >= 0.6 is 35.0 Å². The Bertz CT molecular complexity index is 4240. The van der Waals surface area contributed by atoms with E-state index in [0.29, 0.717) is 62.5 Å². The van der Waals surface area contributed by atoms with E-state index >= 15 is 0 Å². The van der Waals surface area contributed by atoms with Gasteiger partial charge >= 0.3 is 11.3 Å². The topological polar surface area (TPSA) is 598 Å². The molecule has 49 nitrogen and oxygen atoms in total. The van der Waals surface area contributed by atoms with Gasteiger partial charge in [-0.3, -0.25) is 76.9 Å². The first-order valence-corrected chi connectivity index (χ1v) is 41.6. The van der Waals surface area contributed by atoms with Crippen LogP contribution in [0, 0.1) is 0 Å². The quantitative estimate of drug-likeness (QED) is 0.0148. The summed E-state index contributed by atoms with van der Waals surface area (Å²) in [6.45, 7) is 18.6. The molecule has 0 spiro atoms. The van der Waals surface area contributed by atoms with Crippen LogP contribution in [0.25, 0.3) is 0 Å². The van der Waals surface area contributed by atoms with E-state index in [1.54, 1.807) is 85.9 Å². The monoisotopic (exact) mass is 1830 g/mol. The summed E-state index contributed by atoms with van der Waals surface area (Å²) in [6, 6.07) is 3.03. The standard InChI is InChI=1S/C9H11NO3.C8H14N2O3.C8H14N2O2S.C7H15N5O.2C7H14N4O.C7H13N3O3.C7H13N3O2S.C7H10N2O3.C6H10N2O2S/c1-3-10(2)7-4-6(11)5-8(12)9(7)13;2*1-10(4-3-5-12-2)8-6-7(11)9-13-8;1-12(4-3-5-13-2)7-9-6(8)10-11-7;1-11(4-3-5-12-2)7-8-6-9-10-7;1-11(4-3-5-12-2)7-6-8-10-9-7;1-10(4-3-5-12-2)6-8-7(11)13-9-6;1-10(4-3-5-12-2)6-7(11)9-13-8-6;1-3-9(2)4-5(10)7(12)8-6(4)11;1-3-8(2)5-4(9)7-6(10)11-5/h4-5,12H,3H2,1-2H3;2*6H,3-5H2,1-2H3,(H,9,11);3-5H2,1-2H3,(H3,8,9,10,11);2*6H,3-5H2,1-2H3,(H,8,9,10);3-5H2,1-2H3,(H,8,9,11);3-5H2,1-2H3,(H,9,11);3H2,1-2H3,(H2,8,10,11,12);5H,3H2,1-2H3,(H,7,9,10). The van der Waals surface area contributed by atoms with Crippen molar-refractivity contribution in [3.63, 3.8) is 0 Å². The predicted octanol–water partition coefficient (Wildman–Crippen LogP) is 1.93. The summed E-state index contributed by atoms with van der Waals surface area (Å²) in [6.07, 6.45) is 11.9. The Labute approximate surface area is 737 Å². The van der Waals surface area contributed by atoms with Crippen LogP contribution in [0.15, 0.2) is 87.9 Å². The van der Waals surface area contributed by atoms with E-state index in [0.717, 1.165) is 170 Å². The highest BCUT2D eigenvalue weighted by Gasteiger charge is 2.34. The molecule has 704 valence electrons. The lowest BCUT2D eigenvalue weighted by Gasteiger charge is -2.20. The summed E-state index contributed by atoms with van der Waals surface area (Å²) in [5, 5.41) is 51.9. The van der Waals surface area contributed by atoms with Crippen LogP contribution in [-0.2, 0) is 57.1 Å². The molecule has 1 atom stereocenters. The number of likely N-dealkylation sites (N-methyl/N-ethyl adjacent to an activating group) is 3. The van der Waals surface area contributed by atoms with Crippen molar-refractivity contribution in [1.29, 1.82) is 0 Å². The second kappa shape index (κ2) is 65.3. The molecule has 0 bridgehead atoms. The van der Waals surface area contributed by atoms with Gasteiger partial charge in [0.15, 0.2) is 23.1 Å². The molecule has 1 unspecified atom stereocenters. The van der Waals surface area contributed by atoms with Crippen LogP contribution < -0.4 is 73.1 Å². The number of imide groups is 2. The predicted molar refractivity (Wildman–Crippen MR) is 477 cm³/mol. The molecule has 0 aromatic carbocycles. The number of thioether (sulfide) groups is 1. The fourth-order valence-electron chi connectivity index (χ4n) is 9.60. The van der Waals surface area contributed by atoms with Crippen LogP contribution in [0.2, 0.25) is 0 Å². The van der Waals surface area contributed by atoms with Crippen molar-refractivity contribution in [3.05, 3.63) is 101 Å². The van der Waals surface area contributed by atoms with Crippen molar-refractivity contribution in [3.8, 4) is 0 Å². The first-order chi connectivity index (χ1) is 59.7. The normalized spacial score (nSPS) is 12.8. The minimum atomic E-state index is -0.727. The molecule has 4 amide bonds. The molecule has 10 rings (SSSR count). The molecule has 1 aliphatic carbocycles. The third kappa shape index (κ3) is 45.7. The van der Waals surface area contributed by atoms with E-state index in [1.807, 2.05) is 117 Å². The Kier molecular flexibility index (Phi) is 58.3. The molecule has 52 heteroatoms. The second-order valence-electron chi connectivity index (χ2n) is 26.6. The number of aromatic amines is 7. The zero-order valence-corrected chi connectivity index (χ0v) is 77.5. The number of nitrogens with one attached hydrogen (secondary N) is 9. The molecule has 3 aliphatic rings. The number of hydrogen-bond donors (Lipinski definition) is 12. The van der Waals surface area contributed by atoms with Gasteiger partial charge in [0.2, 0.25) is 47.0 Å². The number of carbonyl (C=O) groups is 6. The molecule has 13 N–H and O–H groups in total. The summed E-state index contributed by atoms with van der Waals surface area (Å²) >= 11 is 3.47. The summed E-state index contributed by atoms with van der Waals surface area (Å²) in [4.78, 5) is 138. The van der Waals surface area contributed by atoms with Gasteiger partial charge in [-0.25, -0.2) is 15.0 Å². The van der Waals surface area contributed by atoms with Crippen molar-refractivity contribution in [2.45, 2.75) is 71.1 Å². The number of aromatic nitrogens is 15. The number of ether oxygens (including phenoxy) is 7. The highest BCUT2D eigenvalue weighted by Crippen LogP contribution is 2.21. The van der Waals surface area contributed by atoms with Crippen LogP contribution in [0.3, 0.4) is 0 Å². The first kappa shape index (κ1) is 112. The largest absolute Gasteiger partial charge is 0.504 e. The number of allylic oxidation sites excluding steroid dienone is 2. The summed E-state index contributed by atoms with van der Waals surface area (Å²) in [5.74, 6) is 0.279. The maximum absolute atomic E-state index is 11.3. The van der Waals surface area contributed by atoms with Gasteiger partial charge in [0.1, 0.15) is 16.7 Å². The Morgan fingerprint density at radius 2 is 1.07 bits per heavy atom. The van der Waals surface area contributed by atoms with Crippen molar-refractivity contribution in [2.75, 3.05) is 272 Å². The van der Waals surface area contributed by atoms with Gasteiger partial charge in [-0.15, -0.1) is 10.2 Å². The minimum Gasteiger partial charge on any atom is -0.504 e. The van der Waals surface area contributed by atoms with Gasteiger partial charge < -0.3 is 97.7 Å². The van der Waals surface area contributed by atoms with Crippen LogP contribution in [0.5, 0.6) is 0 Å². The minimum absolute atomic E-state index is 0.0291. The van der Waals surface area contributed by atoms with Crippen LogP contribution in [0.1, 0.15) is 65.7 Å². The number of amides is 4. The van der Waals surface area contributed by atoms with Crippen molar-refractivity contribution in [1.82, 2.24) is 99.5 Å². The zero-order chi connectivity index (χ0) is 93.8. The Balaban J connectivity index is 0.000000695. The average molecular weight is 1830 g/mol. The lowest BCUT2D eigenvalue weighted by molar-refractivity contribution is -0.125. The number of hydrogen-bond acceptors (Lipinski definition) is 43. The Hall–Kier alpha value is -11.4. The van der Waals surface area contributed by atoms with Crippen molar-refractivity contribution >= 4 is 116 Å². The number of anilines is 8. The third-order valence-electron chi connectivity index (χ3n) is 16.9.